The van der Waals surface area contributed by atoms with Gasteiger partial charge >= 0.3 is 5.97 Å². The van der Waals surface area contributed by atoms with Crippen LogP contribution in [0.4, 0.5) is 0 Å². The number of methoxy groups -OCH3 is 1. The maximum atomic E-state index is 11.5. The van der Waals surface area contributed by atoms with E-state index in [-0.39, 0.29) is 12.6 Å². The molecule has 0 saturated carbocycles. The van der Waals surface area contributed by atoms with Gasteiger partial charge in [0.2, 0.25) is 0 Å². The van der Waals surface area contributed by atoms with Crippen molar-refractivity contribution in [1.29, 1.82) is 0 Å². The molecule has 3 rings (SSSR count). The highest BCUT2D eigenvalue weighted by Crippen LogP contribution is 2.24. The Hall–Kier alpha value is -3.11. The van der Waals surface area contributed by atoms with E-state index >= 15 is 0 Å². The number of carbonyl (C=O) groups excluding carboxylic acids is 1. The van der Waals surface area contributed by atoms with E-state index in [1.807, 2.05) is 60.7 Å². The summed E-state index contributed by atoms with van der Waals surface area (Å²) in [6.07, 6.45) is 2.67. The number of benzene rings is 3. The fourth-order valence-corrected chi connectivity index (χ4v) is 3.21. The van der Waals surface area contributed by atoms with Crippen molar-refractivity contribution in [2.45, 2.75) is 32.5 Å². The van der Waals surface area contributed by atoms with Gasteiger partial charge in [-0.2, -0.15) is 0 Å². The minimum Gasteiger partial charge on any atom is -0.489 e. The smallest absolute Gasteiger partial charge is 0.337 e. The van der Waals surface area contributed by atoms with Crippen LogP contribution in [0.25, 0.3) is 0 Å². The second kappa shape index (κ2) is 10.4. The van der Waals surface area contributed by atoms with Gasteiger partial charge in [0.15, 0.2) is 0 Å². The number of esters is 1. The van der Waals surface area contributed by atoms with Gasteiger partial charge in [-0.3, -0.25) is 0 Å². The van der Waals surface area contributed by atoms with Gasteiger partial charge in [-0.25, -0.2) is 4.79 Å². The molecule has 0 saturated heterocycles. The van der Waals surface area contributed by atoms with Crippen LogP contribution in [0.1, 0.15) is 39.0 Å². The molecule has 0 atom stereocenters. The summed E-state index contributed by atoms with van der Waals surface area (Å²) in [7, 11) is 1.38. The highest BCUT2D eigenvalue weighted by atomic mass is 16.5. The quantitative estimate of drug-likeness (QED) is 0.537. The average molecular weight is 390 g/mol. The molecule has 0 aliphatic rings. The normalized spacial score (nSPS) is 10.6. The number of hydrogen-bond acceptors (Lipinski definition) is 4. The Kier molecular flexibility index (Phi) is 7.42. The molecule has 3 aromatic carbocycles. The van der Waals surface area contributed by atoms with E-state index in [9.17, 15) is 9.90 Å². The second-order valence-electron chi connectivity index (χ2n) is 6.92. The molecule has 0 aliphatic carbocycles. The number of aliphatic hydroxyl groups is 1. The summed E-state index contributed by atoms with van der Waals surface area (Å²) in [5.41, 5.74) is 4.83. The van der Waals surface area contributed by atoms with Crippen molar-refractivity contribution in [3.05, 3.63) is 101 Å². The van der Waals surface area contributed by atoms with Crippen molar-refractivity contribution in [2.24, 2.45) is 0 Å². The second-order valence-corrected chi connectivity index (χ2v) is 6.92. The Morgan fingerprint density at radius 3 is 2.28 bits per heavy atom. The van der Waals surface area contributed by atoms with Gasteiger partial charge in [-0.15, -0.1) is 0 Å². The third-order valence-electron chi connectivity index (χ3n) is 4.83. The molecule has 0 bridgehead atoms. The van der Waals surface area contributed by atoms with Crippen molar-refractivity contribution < 1.29 is 19.4 Å². The van der Waals surface area contributed by atoms with Crippen LogP contribution in [0, 0.1) is 0 Å². The third kappa shape index (κ3) is 5.93. The van der Waals surface area contributed by atoms with E-state index in [0.29, 0.717) is 12.2 Å². The molecule has 29 heavy (non-hydrogen) atoms. The van der Waals surface area contributed by atoms with Crippen LogP contribution in [-0.4, -0.2) is 18.2 Å². The van der Waals surface area contributed by atoms with Crippen molar-refractivity contribution >= 4 is 5.97 Å². The van der Waals surface area contributed by atoms with Gasteiger partial charge < -0.3 is 14.6 Å². The largest absolute Gasteiger partial charge is 0.489 e. The zero-order valence-corrected chi connectivity index (χ0v) is 16.6. The summed E-state index contributed by atoms with van der Waals surface area (Å²) >= 11 is 0. The topological polar surface area (TPSA) is 55.8 Å². The monoisotopic (exact) mass is 390 g/mol. The lowest BCUT2D eigenvalue weighted by Gasteiger charge is -2.13. The average Bonchev–Trinajstić information content (AvgIpc) is 2.78. The summed E-state index contributed by atoms with van der Waals surface area (Å²) in [4.78, 5) is 11.5. The maximum Gasteiger partial charge on any atom is 0.337 e. The van der Waals surface area contributed by atoms with Gasteiger partial charge in [0.1, 0.15) is 12.4 Å². The first-order chi connectivity index (χ1) is 14.2. The number of aryl methyl sites for hydroxylation is 2. The van der Waals surface area contributed by atoms with Gasteiger partial charge in [-0.05, 0) is 65.8 Å². The van der Waals surface area contributed by atoms with E-state index in [0.717, 1.165) is 41.7 Å². The molecule has 0 aromatic heterocycles. The summed E-state index contributed by atoms with van der Waals surface area (Å²) < 4.78 is 10.8. The van der Waals surface area contributed by atoms with Crippen molar-refractivity contribution in [3.8, 4) is 5.75 Å². The summed E-state index contributed by atoms with van der Waals surface area (Å²) in [5, 5.41) is 9.48. The standard InChI is InChI=1S/C25H26O4/c1-28-25(27)22-13-10-19(11-14-22)8-5-9-23-16-21(17-26)12-15-24(23)29-18-20-6-3-2-4-7-20/h2-4,6-7,10-16,26H,5,8-9,17-18H2,1H3. The van der Waals surface area contributed by atoms with Crippen molar-refractivity contribution in [2.75, 3.05) is 7.11 Å². The fourth-order valence-electron chi connectivity index (χ4n) is 3.21. The minimum atomic E-state index is -0.322. The van der Waals surface area contributed by atoms with Crippen LogP contribution >= 0.6 is 0 Å². The van der Waals surface area contributed by atoms with Crippen LogP contribution in [0.2, 0.25) is 0 Å². The van der Waals surface area contributed by atoms with E-state index in [4.69, 9.17) is 9.47 Å². The van der Waals surface area contributed by atoms with Gasteiger partial charge in [0.05, 0.1) is 19.3 Å². The van der Waals surface area contributed by atoms with E-state index in [2.05, 4.69) is 0 Å². The molecule has 0 fully saturated rings. The number of carbonyl (C=O) groups is 1. The molecule has 0 heterocycles. The van der Waals surface area contributed by atoms with E-state index in [1.165, 1.54) is 12.7 Å². The highest BCUT2D eigenvalue weighted by molar-refractivity contribution is 5.89. The van der Waals surface area contributed by atoms with Crippen LogP contribution in [-0.2, 0) is 30.8 Å². The molecule has 0 amide bonds. The molecule has 1 N–H and O–H groups in total. The zero-order valence-electron chi connectivity index (χ0n) is 16.6. The van der Waals surface area contributed by atoms with Gasteiger partial charge in [0, 0.05) is 0 Å². The van der Waals surface area contributed by atoms with Crippen molar-refractivity contribution in [1.82, 2.24) is 0 Å². The summed E-state index contributed by atoms with van der Waals surface area (Å²) in [5.74, 6) is 0.532. The lowest BCUT2D eigenvalue weighted by Crippen LogP contribution is -2.02. The number of aliphatic hydroxyl groups excluding tert-OH is 1. The maximum absolute atomic E-state index is 11.5. The van der Waals surface area contributed by atoms with Crippen LogP contribution in [0.5, 0.6) is 5.75 Å². The first-order valence-corrected chi connectivity index (χ1v) is 9.76. The zero-order chi connectivity index (χ0) is 20.5. The lowest BCUT2D eigenvalue weighted by atomic mass is 10.0. The lowest BCUT2D eigenvalue weighted by molar-refractivity contribution is 0.0600. The number of ether oxygens (including phenoxy) is 2. The molecule has 4 nitrogen and oxygen atoms in total. The Balaban J connectivity index is 1.62. The Labute approximate surface area is 171 Å². The molecule has 0 radical (unpaired) electrons. The molecule has 0 spiro atoms. The SMILES string of the molecule is COC(=O)c1ccc(CCCc2cc(CO)ccc2OCc2ccccc2)cc1. The number of rotatable bonds is 9. The molecule has 150 valence electrons. The summed E-state index contributed by atoms with van der Waals surface area (Å²) in [6, 6.07) is 23.4. The molecule has 0 aliphatic heterocycles. The predicted octanol–water partition coefficient (Wildman–Crippen LogP) is 4.72. The Morgan fingerprint density at radius 2 is 1.59 bits per heavy atom. The first-order valence-electron chi connectivity index (χ1n) is 9.76. The molecule has 0 unspecified atom stereocenters. The Morgan fingerprint density at radius 1 is 0.862 bits per heavy atom. The van der Waals surface area contributed by atoms with Crippen LogP contribution in [0.3, 0.4) is 0 Å². The minimum absolute atomic E-state index is 0.0148. The first kappa shape index (κ1) is 20.6. The molecular formula is C25H26O4. The van der Waals surface area contributed by atoms with Gasteiger partial charge in [0.25, 0.3) is 0 Å². The molecule has 4 heteroatoms. The highest BCUT2D eigenvalue weighted by Gasteiger charge is 2.08. The fraction of sp³-hybridized carbons (Fsp3) is 0.240. The van der Waals surface area contributed by atoms with E-state index in [1.54, 1.807) is 12.1 Å². The van der Waals surface area contributed by atoms with Crippen LogP contribution in [0.15, 0.2) is 72.8 Å². The number of hydrogen-bond donors (Lipinski definition) is 1. The van der Waals surface area contributed by atoms with Crippen molar-refractivity contribution in [3.63, 3.8) is 0 Å². The van der Waals surface area contributed by atoms with Crippen LogP contribution < -0.4 is 4.74 Å². The van der Waals surface area contributed by atoms with Gasteiger partial charge in [-0.1, -0.05) is 48.5 Å². The van der Waals surface area contributed by atoms with E-state index < -0.39 is 0 Å². The Bertz CT molecular complexity index is 917. The molecular weight excluding hydrogens is 364 g/mol. The molecule has 3 aromatic rings. The third-order valence-corrected chi connectivity index (χ3v) is 4.83. The predicted molar refractivity (Wildman–Crippen MR) is 113 cm³/mol. The summed E-state index contributed by atoms with van der Waals surface area (Å²) in [6.45, 7) is 0.530.